The lowest BCUT2D eigenvalue weighted by Gasteiger charge is -2.04. The maximum Gasteiger partial charge on any atom is 0.314 e. The summed E-state index contributed by atoms with van der Waals surface area (Å²) in [5.41, 5.74) is 0. The van der Waals surface area contributed by atoms with Crippen molar-refractivity contribution in [2.45, 2.75) is 12.8 Å². The summed E-state index contributed by atoms with van der Waals surface area (Å²) in [7, 11) is 1.67. The number of rotatable bonds is 6. The van der Waals surface area contributed by atoms with Crippen LogP contribution < -0.4 is 10.6 Å². The van der Waals surface area contributed by atoms with Crippen molar-refractivity contribution < 1.29 is 9.53 Å². The number of hydrogen-bond acceptors (Lipinski definition) is 2. The molecular formula is C8H17N2O2. The number of nitrogens with one attached hydrogen (secondary N) is 2. The maximum atomic E-state index is 10.8. The Morgan fingerprint density at radius 2 is 2.17 bits per heavy atom. The maximum absolute atomic E-state index is 10.8. The minimum Gasteiger partial charge on any atom is -0.385 e. The quantitative estimate of drug-likeness (QED) is 0.576. The van der Waals surface area contributed by atoms with Gasteiger partial charge in [-0.15, -0.1) is 0 Å². The average molecular weight is 173 g/mol. The van der Waals surface area contributed by atoms with E-state index in [1.54, 1.807) is 7.11 Å². The predicted octanol–water partition coefficient (Wildman–Crippen LogP) is 0.546. The van der Waals surface area contributed by atoms with Gasteiger partial charge < -0.3 is 15.4 Å². The molecule has 4 heteroatoms. The highest BCUT2D eigenvalue weighted by atomic mass is 16.5. The van der Waals surface area contributed by atoms with Gasteiger partial charge in [0.25, 0.3) is 0 Å². The van der Waals surface area contributed by atoms with Crippen molar-refractivity contribution in [1.82, 2.24) is 10.6 Å². The molecule has 2 N–H and O–H groups in total. The molecule has 0 spiro atoms. The van der Waals surface area contributed by atoms with E-state index in [0.717, 1.165) is 19.4 Å². The number of unbranched alkanes of at least 4 members (excludes halogenated alkanes) is 1. The van der Waals surface area contributed by atoms with Crippen molar-refractivity contribution in [3.05, 3.63) is 6.92 Å². The Kier molecular flexibility index (Phi) is 7.79. The second-order valence-corrected chi connectivity index (χ2v) is 2.38. The second kappa shape index (κ2) is 8.33. The number of hydrogen-bond donors (Lipinski definition) is 2. The summed E-state index contributed by atoms with van der Waals surface area (Å²) < 4.78 is 4.86. The van der Waals surface area contributed by atoms with Crippen molar-refractivity contribution in [2.24, 2.45) is 0 Å². The van der Waals surface area contributed by atoms with Crippen LogP contribution in [0.2, 0.25) is 0 Å². The summed E-state index contributed by atoms with van der Waals surface area (Å²) >= 11 is 0. The van der Waals surface area contributed by atoms with E-state index in [9.17, 15) is 4.79 Å². The summed E-state index contributed by atoms with van der Waals surface area (Å²) in [6.07, 6.45) is 1.92. The van der Waals surface area contributed by atoms with Gasteiger partial charge in [-0.25, -0.2) is 4.79 Å². The molecule has 0 bridgehead atoms. The fourth-order valence-corrected chi connectivity index (χ4v) is 0.749. The van der Waals surface area contributed by atoms with Crippen LogP contribution in [0.5, 0.6) is 0 Å². The molecule has 0 aromatic heterocycles. The smallest absolute Gasteiger partial charge is 0.314 e. The monoisotopic (exact) mass is 173 g/mol. The predicted molar refractivity (Wildman–Crippen MR) is 47.9 cm³/mol. The van der Waals surface area contributed by atoms with Gasteiger partial charge in [0, 0.05) is 26.8 Å². The molecule has 0 fully saturated rings. The fraction of sp³-hybridized carbons (Fsp3) is 0.750. The van der Waals surface area contributed by atoms with Crippen LogP contribution in [0.4, 0.5) is 4.79 Å². The van der Waals surface area contributed by atoms with Gasteiger partial charge in [0.2, 0.25) is 0 Å². The zero-order chi connectivity index (χ0) is 9.23. The molecule has 12 heavy (non-hydrogen) atoms. The number of carbonyl (C=O) groups is 1. The normalized spacial score (nSPS) is 9.50. The summed E-state index contributed by atoms with van der Waals surface area (Å²) in [6.45, 7) is 5.35. The van der Waals surface area contributed by atoms with Crippen LogP contribution in [-0.4, -0.2) is 32.8 Å². The molecular weight excluding hydrogens is 156 g/mol. The third-order valence-corrected chi connectivity index (χ3v) is 1.35. The minimum atomic E-state index is -0.151. The van der Waals surface area contributed by atoms with Gasteiger partial charge in [-0.1, -0.05) is 0 Å². The molecule has 71 valence electrons. The van der Waals surface area contributed by atoms with Gasteiger partial charge in [0.15, 0.2) is 0 Å². The highest BCUT2D eigenvalue weighted by molar-refractivity contribution is 5.73. The molecule has 4 nitrogen and oxygen atoms in total. The Balaban J connectivity index is 3.03. The standard InChI is InChI=1S/C8H17N2O2/c1-3-9-8(11)10-6-4-5-7-12-2/h1,3-7H2,2H3,(H2,9,10,11). The van der Waals surface area contributed by atoms with Crippen LogP contribution in [0.1, 0.15) is 12.8 Å². The molecule has 0 rings (SSSR count). The van der Waals surface area contributed by atoms with Gasteiger partial charge in [-0.05, 0) is 19.8 Å². The molecule has 0 saturated carbocycles. The second-order valence-electron chi connectivity index (χ2n) is 2.38. The Morgan fingerprint density at radius 3 is 2.75 bits per heavy atom. The van der Waals surface area contributed by atoms with E-state index < -0.39 is 0 Å². The minimum absolute atomic E-state index is 0.151. The summed E-state index contributed by atoms with van der Waals surface area (Å²) in [5.74, 6) is 0. The lowest BCUT2D eigenvalue weighted by molar-refractivity contribution is 0.192. The lowest BCUT2D eigenvalue weighted by atomic mass is 10.3. The van der Waals surface area contributed by atoms with Crippen LogP contribution in [0, 0.1) is 6.92 Å². The first kappa shape index (κ1) is 11.2. The van der Waals surface area contributed by atoms with Crippen molar-refractivity contribution in [2.75, 3.05) is 26.8 Å². The van der Waals surface area contributed by atoms with Crippen molar-refractivity contribution in [3.63, 3.8) is 0 Å². The third kappa shape index (κ3) is 7.34. The SMILES string of the molecule is [CH2]CNC(=O)NCCCCOC. The Morgan fingerprint density at radius 1 is 1.42 bits per heavy atom. The highest BCUT2D eigenvalue weighted by Crippen LogP contribution is 1.86. The molecule has 0 aliphatic heterocycles. The van der Waals surface area contributed by atoms with Crippen molar-refractivity contribution in [3.8, 4) is 0 Å². The van der Waals surface area contributed by atoms with E-state index in [1.807, 2.05) is 0 Å². The number of ether oxygens (including phenoxy) is 1. The Bertz CT molecular complexity index is 118. The number of methoxy groups -OCH3 is 1. The Hall–Kier alpha value is -0.770. The number of amides is 2. The molecule has 1 radical (unpaired) electrons. The van der Waals surface area contributed by atoms with E-state index in [2.05, 4.69) is 17.6 Å². The lowest BCUT2D eigenvalue weighted by Crippen LogP contribution is -2.35. The summed E-state index contributed by atoms with van der Waals surface area (Å²) in [6, 6.07) is -0.151. The first-order valence-electron chi connectivity index (χ1n) is 4.11. The largest absolute Gasteiger partial charge is 0.385 e. The fourth-order valence-electron chi connectivity index (χ4n) is 0.749. The van der Waals surface area contributed by atoms with Gasteiger partial charge in [-0.2, -0.15) is 0 Å². The first-order valence-corrected chi connectivity index (χ1v) is 4.11. The van der Waals surface area contributed by atoms with Crippen molar-refractivity contribution >= 4 is 6.03 Å². The van der Waals surface area contributed by atoms with Gasteiger partial charge in [0.1, 0.15) is 0 Å². The molecule has 0 atom stereocenters. The van der Waals surface area contributed by atoms with Crippen LogP contribution in [0.15, 0.2) is 0 Å². The molecule has 0 heterocycles. The highest BCUT2D eigenvalue weighted by Gasteiger charge is 1.94. The van der Waals surface area contributed by atoms with E-state index in [4.69, 9.17) is 4.74 Å². The van der Waals surface area contributed by atoms with Gasteiger partial charge >= 0.3 is 6.03 Å². The number of carbonyl (C=O) groups excluding carboxylic acids is 1. The van der Waals surface area contributed by atoms with Gasteiger partial charge in [-0.3, -0.25) is 0 Å². The molecule has 0 aromatic rings. The molecule has 0 saturated heterocycles. The summed E-state index contributed by atoms with van der Waals surface area (Å²) in [4.78, 5) is 10.8. The van der Waals surface area contributed by atoms with Crippen LogP contribution in [0.3, 0.4) is 0 Å². The molecule has 0 unspecified atom stereocenters. The third-order valence-electron chi connectivity index (χ3n) is 1.35. The van der Waals surface area contributed by atoms with Crippen LogP contribution in [0.25, 0.3) is 0 Å². The zero-order valence-corrected chi connectivity index (χ0v) is 7.56. The molecule has 2 amide bonds. The molecule has 0 aliphatic carbocycles. The van der Waals surface area contributed by atoms with Crippen molar-refractivity contribution in [1.29, 1.82) is 0 Å². The van der Waals surface area contributed by atoms with E-state index in [-0.39, 0.29) is 6.03 Å². The molecule has 0 aliphatic rings. The van der Waals surface area contributed by atoms with Gasteiger partial charge in [0.05, 0.1) is 0 Å². The van der Waals surface area contributed by atoms with Crippen LogP contribution >= 0.6 is 0 Å². The topological polar surface area (TPSA) is 50.4 Å². The molecule has 0 aromatic carbocycles. The number of urea groups is 1. The average Bonchev–Trinajstić information content (AvgIpc) is 2.05. The zero-order valence-electron chi connectivity index (χ0n) is 7.56. The Labute approximate surface area is 73.7 Å². The van der Waals surface area contributed by atoms with E-state index >= 15 is 0 Å². The summed E-state index contributed by atoms with van der Waals surface area (Å²) in [5, 5.41) is 5.24. The van der Waals surface area contributed by atoms with E-state index in [1.165, 1.54) is 0 Å². The van der Waals surface area contributed by atoms with Crippen LogP contribution in [-0.2, 0) is 4.74 Å². The first-order chi connectivity index (χ1) is 5.81. The van der Waals surface area contributed by atoms with E-state index in [0.29, 0.717) is 13.1 Å².